The van der Waals surface area contributed by atoms with Crippen LogP contribution in [-0.2, 0) is 0 Å². The monoisotopic (exact) mass is 389 g/mol. The lowest BCUT2D eigenvalue weighted by molar-refractivity contribution is -0.660. The molecule has 0 aliphatic heterocycles. The van der Waals surface area contributed by atoms with Crippen molar-refractivity contribution in [2.75, 3.05) is 7.11 Å². The van der Waals surface area contributed by atoms with Gasteiger partial charge in [0.15, 0.2) is 17.4 Å². The van der Waals surface area contributed by atoms with Gasteiger partial charge < -0.3 is 18.9 Å². The molecule has 1 aliphatic rings. The van der Waals surface area contributed by atoms with Gasteiger partial charge in [0.25, 0.3) is 5.69 Å². The number of fused-ring (bicyclic) bond motifs is 2. The van der Waals surface area contributed by atoms with Gasteiger partial charge in [-0.15, -0.1) is 0 Å². The first-order chi connectivity index (χ1) is 14.1. The molecule has 9 nitrogen and oxygen atoms in total. The van der Waals surface area contributed by atoms with E-state index in [1.807, 2.05) is 0 Å². The largest absolute Gasteiger partial charge is 0.539 e. The minimum atomic E-state index is -0.823. The number of carbonyl (C=O) groups is 2. The quantitative estimate of drug-likeness (QED) is 0.425. The molecule has 0 amide bonds. The lowest BCUT2D eigenvalue weighted by Gasteiger charge is -2.11. The third-order valence-electron chi connectivity index (χ3n) is 4.69. The van der Waals surface area contributed by atoms with Crippen molar-refractivity contribution in [3.8, 4) is 28.8 Å². The zero-order valence-corrected chi connectivity index (χ0v) is 14.9. The van der Waals surface area contributed by atoms with Gasteiger partial charge in [0.1, 0.15) is 11.3 Å². The number of benzene rings is 2. The zero-order chi connectivity index (χ0) is 20.1. The Labute approximate surface area is 162 Å². The van der Waals surface area contributed by atoms with Crippen LogP contribution in [-0.4, -0.2) is 29.1 Å². The Balaban J connectivity index is 1.70. The van der Waals surface area contributed by atoms with Gasteiger partial charge in [-0.05, 0) is 16.8 Å². The second-order valence-corrected chi connectivity index (χ2v) is 6.26. The number of rotatable bonds is 3. The van der Waals surface area contributed by atoms with E-state index in [9.17, 15) is 14.7 Å². The van der Waals surface area contributed by atoms with Gasteiger partial charge in [-0.3, -0.25) is 9.59 Å². The van der Waals surface area contributed by atoms with Crippen LogP contribution in [0, 0.1) is 0 Å². The highest BCUT2D eigenvalue weighted by atomic mass is 16.6. The van der Waals surface area contributed by atoms with E-state index >= 15 is 0 Å². The van der Waals surface area contributed by atoms with Crippen molar-refractivity contribution < 1.29 is 33.2 Å². The summed E-state index contributed by atoms with van der Waals surface area (Å²) in [5.41, 5.74) is 0.600. The summed E-state index contributed by atoms with van der Waals surface area (Å²) >= 11 is 0. The smallest absolute Gasteiger partial charge is 0.293 e. The summed E-state index contributed by atoms with van der Waals surface area (Å²) in [6.07, 6.45) is 0. The molecular formula is C20H11N3O6. The molecule has 0 fully saturated rings. The predicted octanol–water partition coefficient (Wildman–Crippen LogP) is 1.46. The van der Waals surface area contributed by atoms with Gasteiger partial charge in [-0.2, -0.15) is 0 Å². The SMILES string of the molecule is COc1ccc(-[n+]2noc([O-])c2-c2noc3c2C(=O)c2ccccc2C3=O)cc1. The molecule has 2 aromatic carbocycles. The molecule has 142 valence electrons. The highest BCUT2D eigenvalue weighted by Crippen LogP contribution is 2.35. The first-order valence-corrected chi connectivity index (χ1v) is 8.52. The molecule has 0 unspecified atom stereocenters. The average Bonchev–Trinajstić information content (AvgIpc) is 3.36. The molecule has 0 atom stereocenters. The molecule has 0 radical (unpaired) electrons. The fourth-order valence-electron chi connectivity index (χ4n) is 3.30. The Morgan fingerprint density at radius 1 is 0.966 bits per heavy atom. The summed E-state index contributed by atoms with van der Waals surface area (Å²) in [5.74, 6) is -1.37. The first-order valence-electron chi connectivity index (χ1n) is 8.52. The van der Waals surface area contributed by atoms with Gasteiger partial charge >= 0.3 is 0 Å². The van der Waals surface area contributed by atoms with Gasteiger partial charge in [-0.25, -0.2) is 0 Å². The normalized spacial score (nSPS) is 12.6. The Morgan fingerprint density at radius 3 is 2.34 bits per heavy atom. The molecule has 29 heavy (non-hydrogen) atoms. The van der Waals surface area contributed by atoms with E-state index in [1.54, 1.807) is 42.5 Å². The highest BCUT2D eigenvalue weighted by molar-refractivity contribution is 6.28. The summed E-state index contributed by atoms with van der Waals surface area (Å²) in [7, 11) is 1.53. The minimum absolute atomic E-state index is 0.0868. The second kappa shape index (κ2) is 6.13. The lowest BCUT2D eigenvalue weighted by Crippen LogP contribution is -2.35. The van der Waals surface area contributed by atoms with E-state index in [1.165, 1.54) is 17.9 Å². The number of aromatic nitrogens is 3. The molecule has 5 rings (SSSR count). The number of carbonyl (C=O) groups excluding carboxylic acids is 2. The molecule has 2 heterocycles. The summed E-state index contributed by atoms with van der Waals surface area (Å²) < 4.78 is 16.3. The van der Waals surface area contributed by atoms with Crippen molar-refractivity contribution >= 4 is 11.6 Å². The van der Waals surface area contributed by atoms with E-state index in [2.05, 4.69) is 10.4 Å². The zero-order valence-electron chi connectivity index (χ0n) is 14.9. The van der Waals surface area contributed by atoms with Gasteiger partial charge in [0.2, 0.25) is 17.2 Å². The maximum absolute atomic E-state index is 13.0. The van der Waals surface area contributed by atoms with Crippen LogP contribution in [0.25, 0.3) is 17.1 Å². The van der Waals surface area contributed by atoms with Crippen molar-refractivity contribution in [1.29, 1.82) is 0 Å². The fraction of sp³-hybridized carbons (Fsp3) is 0.0500. The molecule has 0 bridgehead atoms. The van der Waals surface area contributed by atoms with Crippen molar-refractivity contribution in [2.24, 2.45) is 0 Å². The number of methoxy groups -OCH3 is 1. The fourth-order valence-corrected chi connectivity index (χ4v) is 3.30. The van der Waals surface area contributed by atoms with Crippen LogP contribution in [0.1, 0.15) is 32.0 Å². The van der Waals surface area contributed by atoms with Gasteiger partial charge in [0.05, 0.1) is 12.4 Å². The van der Waals surface area contributed by atoms with Crippen LogP contribution in [0.3, 0.4) is 0 Å². The van der Waals surface area contributed by atoms with E-state index in [4.69, 9.17) is 13.8 Å². The third kappa shape index (κ3) is 2.37. The number of hydrogen-bond acceptors (Lipinski definition) is 8. The molecule has 1 aliphatic carbocycles. The Bertz CT molecular complexity index is 1290. The summed E-state index contributed by atoms with van der Waals surface area (Å²) in [6.45, 7) is 0. The summed E-state index contributed by atoms with van der Waals surface area (Å²) in [5, 5.41) is 20.0. The van der Waals surface area contributed by atoms with E-state index in [0.717, 1.165) is 0 Å². The number of ketones is 2. The Hall–Kier alpha value is -4.27. The van der Waals surface area contributed by atoms with Crippen molar-refractivity contribution in [3.63, 3.8) is 0 Å². The van der Waals surface area contributed by atoms with E-state index in [0.29, 0.717) is 11.4 Å². The predicted molar refractivity (Wildman–Crippen MR) is 92.8 cm³/mol. The van der Waals surface area contributed by atoms with Crippen LogP contribution >= 0.6 is 0 Å². The molecule has 0 saturated carbocycles. The van der Waals surface area contributed by atoms with Crippen molar-refractivity contribution in [1.82, 2.24) is 10.4 Å². The van der Waals surface area contributed by atoms with Crippen LogP contribution in [0.4, 0.5) is 0 Å². The second-order valence-electron chi connectivity index (χ2n) is 6.26. The molecular weight excluding hydrogens is 378 g/mol. The summed E-state index contributed by atoms with van der Waals surface area (Å²) in [4.78, 5) is 25.8. The van der Waals surface area contributed by atoms with Crippen molar-refractivity contribution in [3.05, 3.63) is 71.0 Å². The highest BCUT2D eigenvalue weighted by Gasteiger charge is 2.40. The van der Waals surface area contributed by atoms with Crippen LogP contribution < -0.4 is 14.5 Å². The Morgan fingerprint density at radius 2 is 1.66 bits per heavy atom. The van der Waals surface area contributed by atoms with Gasteiger partial charge in [-0.1, -0.05) is 29.4 Å². The van der Waals surface area contributed by atoms with Gasteiger partial charge in [0, 0.05) is 23.3 Å². The minimum Gasteiger partial charge on any atom is -0.539 e. The molecule has 0 N–H and O–H groups in total. The number of ether oxygens (including phenoxy) is 1. The maximum Gasteiger partial charge on any atom is 0.293 e. The maximum atomic E-state index is 13.0. The lowest BCUT2D eigenvalue weighted by atomic mass is 9.87. The molecule has 9 heteroatoms. The van der Waals surface area contributed by atoms with E-state index < -0.39 is 17.5 Å². The average molecular weight is 389 g/mol. The molecule has 2 aromatic heterocycles. The van der Waals surface area contributed by atoms with E-state index in [-0.39, 0.29) is 33.8 Å². The first kappa shape index (κ1) is 16.9. The standard InChI is InChI=1S/C20H11N3O6/c1-27-11-8-6-10(7-9-11)23-16(20(26)29-22-23)15-14-17(24)12-4-2-3-5-13(12)18(25)19(14)28-21-15/h2-9H,1H3. The van der Waals surface area contributed by atoms with Crippen molar-refractivity contribution in [2.45, 2.75) is 0 Å². The van der Waals surface area contributed by atoms with Crippen LogP contribution in [0.15, 0.2) is 57.6 Å². The molecule has 0 saturated heterocycles. The Kier molecular flexibility index (Phi) is 3.56. The molecule has 4 aromatic rings. The number of hydrogen-bond donors (Lipinski definition) is 0. The number of nitrogens with zero attached hydrogens (tertiary/aromatic N) is 3. The van der Waals surface area contributed by atoms with Crippen LogP contribution in [0.2, 0.25) is 0 Å². The van der Waals surface area contributed by atoms with Crippen LogP contribution in [0.5, 0.6) is 11.7 Å². The third-order valence-corrected chi connectivity index (χ3v) is 4.69. The molecule has 0 spiro atoms. The topological polar surface area (TPSA) is 122 Å². The summed E-state index contributed by atoms with van der Waals surface area (Å²) in [6, 6.07) is 13.0.